The zero-order valence-electron chi connectivity index (χ0n) is 17.0. The van der Waals surface area contributed by atoms with Crippen LogP contribution in [0.2, 0.25) is 0 Å². The minimum atomic E-state index is -1.25. The first-order chi connectivity index (χ1) is 13.4. The van der Waals surface area contributed by atoms with Crippen LogP contribution in [0.3, 0.4) is 0 Å². The molecule has 0 fully saturated rings. The zero-order chi connectivity index (χ0) is 22.2. The van der Waals surface area contributed by atoms with E-state index in [2.05, 4.69) is 15.4 Å². The highest BCUT2D eigenvalue weighted by molar-refractivity contribution is 5.90. The molecule has 0 unspecified atom stereocenters. The van der Waals surface area contributed by atoms with Gasteiger partial charge in [0.25, 0.3) is 0 Å². The second kappa shape index (κ2) is 10.6. The van der Waals surface area contributed by atoms with Gasteiger partial charge in [0, 0.05) is 18.4 Å². The zero-order valence-corrected chi connectivity index (χ0v) is 17.0. The molecule has 1 amide bonds. The largest absolute Gasteiger partial charge is 0.481 e. The molecular weight excluding hydrogens is 380 g/mol. The van der Waals surface area contributed by atoms with Gasteiger partial charge in [-0.05, 0) is 44.9 Å². The molecule has 9 nitrogen and oxygen atoms in total. The van der Waals surface area contributed by atoms with Crippen LogP contribution in [0.1, 0.15) is 49.5 Å². The number of rotatable bonds is 10. The Morgan fingerprint density at radius 1 is 1.10 bits per heavy atom. The summed E-state index contributed by atoms with van der Waals surface area (Å²) in [6.07, 6.45) is -0.268. The fourth-order valence-electron chi connectivity index (χ4n) is 2.71. The number of carboxylic acids is 2. The molecule has 1 rings (SSSR count). The van der Waals surface area contributed by atoms with Crippen molar-refractivity contribution in [3.63, 3.8) is 0 Å². The predicted octanol–water partition coefficient (Wildman–Crippen LogP) is 1.21. The van der Waals surface area contributed by atoms with E-state index in [0.717, 1.165) is 0 Å². The van der Waals surface area contributed by atoms with Gasteiger partial charge in [0.05, 0.1) is 18.7 Å². The first kappa shape index (κ1) is 24.1. The van der Waals surface area contributed by atoms with Gasteiger partial charge >= 0.3 is 17.9 Å². The number of ether oxygens (including phenoxy) is 1. The summed E-state index contributed by atoms with van der Waals surface area (Å²) in [6, 6.07) is 4.17. The van der Waals surface area contributed by atoms with Crippen LogP contribution in [0.15, 0.2) is 24.3 Å². The molecule has 0 heterocycles. The van der Waals surface area contributed by atoms with Crippen molar-refractivity contribution in [2.45, 2.75) is 57.7 Å². The van der Waals surface area contributed by atoms with Gasteiger partial charge in [-0.3, -0.25) is 9.59 Å². The summed E-state index contributed by atoms with van der Waals surface area (Å²) in [7, 11) is 1.24. The van der Waals surface area contributed by atoms with Gasteiger partial charge in [-0.1, -0.05) is 12.1 Å². The Morgan fingerprint density at radius 2 is 1.76 bits per heavy atom. The third-order valence-corrected chi connectivity index (χ3v) is 3.97. The van der Waals surface area contributed by atoms with Crippen LogP contribution in [0.4, 0.5) is 0 Å². The Bertz CT molecular complexity index is 755. The van der Waals surface area contributed by atoms with Gasteiger partial charge in [-0.2, -0.15) is 0 Å². The summed E-state index contributed by atoms with van der Waals surface area (Å²) in [5.74, 6) is -3.44. The fraction of sp³-hybridized carbons (Fsp3) is 0.500. The van der Waals surface area contributed by atoms with Crippen molar-refractivity contribution in [1.29, 1.82) is 0 Å². The molecule has 0 aliphatic heterocycles. The number of benzene rings is 1. The normalized spacial score (nSPS) is 13.2. The van der Waals surface area contributed by atoms with Crippen molar-refractivity contribution in [3.8, 4) is 0 Å². The quantitative estimate of drug-likeness (QED) is 0.423. The van der Waals surface area contributed by atoms with E-state index >= 15 is 0 Å². The third-order valence-electron chi connectivity index (χ3n) is 3.97. The van der Waals surface area contributed by atoms with E-state index < -0.39 is 41.4 Å². The number of amides is 1. The number of nitrogens with one attached hydrogen (secondary N) is 2. The maximum absolute atomic E-state index is 12.7. The van der Waals surface area contributed by atoms with Gasteiger partial charge < -0.3 is 25.6 Å². The van der Waals surface area contributed by atoms with Gasteiger partial charge in [0.1, 0.15) is 6.04 Å². The molecule has 0 spiro atoms. The highest BCUT2D eigenvalue weighted by Gasteiger charge is 2.28. The molecule has 1 aromatic rings. The first-order valence-corrected chi connectivity index (χ1v) is 9.13. The lowest BCUT2D eigenvalue weighted by molar-refractivity contribution is -0.142. The molecule has 2 atom stereocenters. The monoisotopic (exact) mass is 408 g/mol. The molecule has 9 heteroatoms. The van der Waals surface area contributed by atoms with Crippen molar-refractivity contribution in [2.24, 2.45) is 0 Å². The van der Waals surface area contributed by atoms with Gasteiger partial charge in [-0.25, -0.2) is 9.59 Å². The molecular formula is C20H28N2O7. The van der Waals surface area contributed by atoms with Crippen LogP contribution in [0.5, 0.6) is 0 Å². The minimum absolute atomic E-state index is 0.0165. The molecule has 29 heavy (non-hydrogen) atoms. The number of aliphatic carboxylic acids is 2. The number of methoxy groups -OCH3 is 1. The summed E-state index contributed by atoms with van der Waals surface area (Å²) in [6.45, 7) is 5.46. The van der Waals surface area contributed by atoms with Crippen molar-refractivity contribution in [1.82, 2.24) is 10.6 Å². The molecule has 0 bridgehead atoms. The number of esters is 1. The van der Waals surface area contributed by atoms with Crippen LogP contribution in [-0.4, -0.2) is 58.8 Å². The first-order valence-electron chi connectivity index (χ1n) is 9.13. The lowest BCUT2D eigenvalue weighted by atomic mass is 10.0. The second-order valence-electron chi connectivity index (χ2n) is 7.67. The Balaban J connectivity index is 2.95. The minimum Gasteiger partial charge on any atom is -0.481 e. The highest BCUT2D eigenvalue weighted by Crippen LogP contribution is 2.11. The maximum atomic E-state index is 12.7. The summed E-state index contributed by atoms with van der Waals surface area (Å²) in [4.78, 5) is 46.9. The summed E-state index contributed by atoms with van der Waals surface area (Å²) in [5, 5.41) is 23.9. The lowest BCUT2D eigenvalue weighted by Gasteiger charge is -2.28. The lowest BCUT2D eigenvalue weighted by Crippen LogP contribution is -2.55. The van der Waals surface area contributed by atoms with E-state index in [1.54, 1.807) is 18.2 Å². The third kappa shape index (κ3) is 8.73. The van der Waals surface area contributed by atoms with Crippen LogP contribution in [0, 0.1) is 0 Å². The van der Waals surface area contributed by atoms with Crippen LogP contribution in [0.25, 0.3) is 0 Å². The van der Waals surface area contributed by atoms with E-state index in [1.165, 1.54) is 13.2 Å². The molecule has 0 aliphatic rings. The SMILES string of the molecule is COC(=O)c1cccc(C[C@H](NC(=O)[C@H](CCC(=O)O)NC(C)(C)C)C(=O)O)c1. The van der Waals surface area contributed by atoms with Crippen molar-refractivity contribution in [2.75, 3.05) is 7.11 Å². The smallest absolute Gasteiger partial charge is 0.337 e. The average Bonchev–Trinajstić information content (AvgIpc) is 2.62. The summed E-state index contributed by atoms with van der Waals surface area (Å²) in [5.41, 5.74) is 0.328. The molecule has 0 saturated heterocycles. The van der Waals surface area contributed by atoms with E-state index in [4.69, 9.17) is 5.11 Å². The van der Waals surface area contributed by atoms with Crippen molar-refractivity contribution in [3.05, 3.63) is 35.4 Å². The summed E-state index contributed by atoms with van der Waals surface area (Å²) < 4.78 is 4.65. The average molecular weight is 408 g/mol. The fourth-order valence-corrected chi connectivity index (χ4v) is 2.71. The van der Waals surface area contributed by atoms with E-state index in [9.17, 15) is 24.3 Å². The maximum Gasteiger partial charge on any atom is 0.337 e. The molecule has 0 aromatic heterocycles. The van der Waals surface area contributed by atoms with E-state index in [0.29, 0.717) is 5.56 Å². The summed E-state index contributed by atoms with van der Waals surface area (Å²) >= 11 is 0. The number of carboxylic acid groups (broad SMARTS) is 2. The molecule has 4 N–H and O–H groups in total. The van der Waals surface area contributed by atoms with Gasteiger partial charge in [0.2, 0.25) is 5.91 Å². The Morgan fingerprint density at radius 3 is 2.28 bits per heavy atom. The van der Waals surface area contributed by atoms with Crippen molar-refractivity contribution >= 4 is 23.8 Å². The van der Waals surface area contributed by atoms with Crippen molar-refractivity contribution < 1.29 is 34.1 Å². The molecule has 0 radical (unpaired) electrons. The molecule has 160 valence electrons. The van der Waals surface area contributed by atoms with E-state index in [1.807, 2.05) is 20.8 Å². The highest BCUT2D eigenvalue weighted by atomic mass is 16.5. The second-order valence-corrected chi connectivity index (χ2v) is 7.67. The Kier molecular flexibility index (Phi) is 8.78. The standard InChI is InChI=1S/C20H28N2O7/c1-20(2,3)22-14(8-9-16(23)24)17(25)21-15(18(26)27)11-12-6-5-7-13(10-12)19(28)29-4/h5-7,10,14-15,22H,8-9,11H2,1-4H3,(H,21,25)(H,23,24)(H,26,27)/t14-,15-/m0/s1. The molecule has 0 aliphatic carbocycles. The van der Waals surface area contributed by atoms with Crippen LogP contribution in [-0.2, 0) is 25.5 Å². The topological polar surface area (TPSA) is 142 Å². The number of carbonyl (C=O) groups excluding carboxylic acids is 2. The number of hydrogen-bond acceptors (Lipinski definition) is 6. The van der Waals surface area contributed by atoms with Crippen LogP contribution >= 0.6 is 0 Å². The van der Waals surface area contributed by atoms with Gasteiger partial charge in [-0.15, -0.1) is 0 Å². The molecule has 0 saturated carbocycles. The predicted molar refractivity (Wildman–Crippen MR) is 105 cm³/mol. The number of hydrogen-bond donors (Lipinski definition) is 4. The van der Waals surface area contributed by atoms with Crippen LogP contribution < -0.4 is 10.6 Å². The molecule has 1 aromatic carbocycles. The Hall–Kier alpha value is -2.94. The number of carbonyl (C=O) groups is 4. The van der Waals surface area contributed by atoms with E-state index in [-0.39, 0.29) is 24.8 Å². The Labute approximate surface area is 169 Å². The van der Waals surface area contributed by atoms with Gasteiger partial charge in [0.15, 0.2) is 0 Å².